The number of nitrogens with two attached hydrogens (primary N) is 1. The largest absolute Gasteiger partial charge is 0.399 e. The third-order valence-electron chi connectivity index (χ3n) is 7.54. The van der Waals surface area contributed by atoms with Gasteiger partial charge in [-0.05, 0) is 77.2 Å². The molecule has 10 nitrogen and oxygen atoms in total. The highest BCUT2D eigenvalue weighted by molar-refractivity contribution is 7.91. The second kappa shape index (κ2) is 16.0. The predicted octanol–water partition coefficient (Wildman–Crippen LogP) is 4.37. The molecule has 1 heterocycles. The van der Waals surface area contributed by atoms with Crippen molar-refractivity contribution < 1.29 is 26.7 Å². The van der Waals surface area contributed by atoms with Gasteiger partial charge in [0.15, 0.2) is 0 Å². The Kier molecular flexibility index (Phi) is 12.3. The van der Waals surface area contributed by atoms with Gasteiger partial charge in [0, 0.05) is 24.8 Å². The molecule has 13 heteroatoms. The van der Waals surface area contributed by atoms with Crippen LogP contribution < -0.4 is 15.8 Å². The number of nitrogens with zero attached hydrogens (tertiary/aromatic N) is 1. The van der Waals surface area contributed by atoms with Crippen molar-refractivity contribution in [1.29, 1.82) is 0 Å². The van der Waals surface area contributed by atoms with Crippen molar-refractivity contribution in [2.75, 3.05) is 25.4 Å². The number of sulfonamides is 2. The summed E-state index contributed by atoms with van der Waals surface area (Å²) >= 11 is 1.07. The topological polar surface area (TPSA) is 159 Å². The third-order valence-corrected chi connectivity index (χ3v) is 12.3. The number of unbranched alkanes of at least 4 members (excludes halogenated alkanes) is 1. The zero-order valence-corrected chi connectivity index (χ0v) is 28.5. The lowest BCUT2D eigenvalue weighted by atomic mass is 10.0. The van der Waals surface area contributed by atoms with E-state index in [9.17, 15) is 26.7 Å². The molecule has 0 aliphatic carbocycles. The standard InChI is InChI=1S/C33H42N4O6S3/c1-24(2)22-37(46(42,43)30-16-14-28(34)15-17-30)29(23-38)10-5-6-18-35-33(39)31(36-45(40,41)32-11-7-19-44-32)21-25-12-13-26-8-3-4-9-27(26)20-25/h3-4,7-9,11-17,19-20,24,29,31,36,38H,5-6,10,18,21-23,34H2,1-2H3,(H,35,39)/t29-,31-/m0/s1. The molecule has 0 fully saturated rings. The van der Waals surface area contributed by atoms with E-state index in [-0.39, 0.29) is 41.1 Å². The van der Waals surface area contributed by atoms with Gasteiger partial charge in [0.25, 0.3) is 10.0 Å². The second-order valence-electron chi connectivity index (χ2n) is 11.7. The number of anilines is 1. The van der Waals surface area contributed by atoms with E-state index in [0.29, 0.717) is 24.9 Å². The minimum Gasteiger partial charge on any atom is -0.399 e. The van der Waals surface area contributed by atoms with Crippen LogP contribution in [-0.4, -0.2) is 63.9 Å². The van der Waals surface area contributed by atoms with Crippen LogP contribution >= 0.6 is 11.3 Å². The van der Waals surface area contributed by atoms with Gasteiger partial charge in [-0.25, -0.2) is 16.8 Å². The van der Waals surface area contributed by atoms with Crippen molar-refractivity contribution in [3.63, 3.8) is 0 Å². The molecular weight excluding hydrogens is 645 g/mol. The fourth-order valence-corrected chi connectivity index (χ4v) is 9.21. The SMILES string of the molecule is CC(C)CN([C@H](CO)CCCCNC(=O)[C@H](Cc1ccc2ccccc2c1)NS(=O)(=O)c1cccs1)S(=O)(=O)c1ccc(N)cc1. The Hall–Kier alpha value is -3.33. The molecule has 0 saturated heterocycles. The fraction of sp³-hybridized carbons (Fsp3) is 0.364. The third kappa shape index (κ3) is 9.36. The first kappa shape index (κ1) is 35.5. The summed E-state index contributed by atoms with van der Waals surface area (Å²) < 4.78 is 57.2. The van der Waals surface area contributed by atoms with Crippen LogP contribution in [0.15, 0.2) is 93.3 Å². The molecule has 0 spiro atoms. The Morgan fingerprint density at radius 1 is 0.935 bits per heavy atom. The lowest BCUT2D eigenvalue weighted by Crippen LogP contribution is -2.48. The number of aliphatic hydroxyl groups is 1. The van der Waals surface area contributed by atoms with Gasteiger partial charge in [0.05, 0.1) is 11.5 Å². The van der Waals surface area contributed by atoms with E-state index >= 15 is 0 Å². The normalized spacial score (nSPS) is 13.7. The van der Waals surface area contributed by atoms with Gasteiger partial charge in [0.1, 0.15) is 10.3 Å². The maximum absolute atomic E-state index is 13.5. The molecule has 4 aromatic rings. The van der Waals surface area contributed by atoms with Crippen LogP contribution in [0.1, 0.15) is 38.7 Å². The Morgan fingerprint density at radius 2 is 1.65 bits per heavy atom. The summed E-state index contributed by atoms with van der Waals surface area (Å²) in [5, 5.41) is 16.8. The first-order valence-corrected chi connectivity index (χ1v) is 19.0. The Morgan fingerprint density at radius 3 is 2.30 bits per heavy atom. The van der Waals surface area contributed by atoms with Crippen molar-refractivity contribution in [2.24, 2.45) is 5.92 Å². The van der Waals surface area contributed by atoms with Gasteiger partial charge in [-0.1, -0.05) is 68.8 Å². The number of benzene rings is 3. The van der Waals surface area contributed by atoms with E-state index in [0.717, 1.165) is 27.7 Å². The molecule has 1 aromatic heterocycles. The van der Waals surface area contributed by atoms with E-state index in [1.165, 1.54) is 34.6 Å². The number of carbonyl (C=O) groups is 1. The first-order chi connectivity index (χ1) is 21.9. The molecule has 0 aliphatic heterocycles. The number of rotatable bonds is 17. The summed E-state index contributed by atoms with van der Waals surface area (Å²) in [6, 6.07) is 21.0. The van der Waals surface area contributed by atoms with Gasteiger partial charge in [0.2, 0.25) is 15.9 Å². The number of hydrogen-bond donors (Lipinski definition) is 4. The fourth-order valence-electron chi connectivity index (χ4n) is 5.20. The summed E-state index contributed by atoms with van der Waals surface area (Å²) in [5.41, 5.74) is 7.01. The zero-order chi connectivity index (χ0) is 33.3. The maximum Gasteiger partial charge on any atom is 0.250 e. The first-order valence-electron chi connectivity index (χ1n) is 15.2. The molecule has 46 heavy (non-hydrogen) atoms. The van der Waals surface area contributed by atoms with Gasteiger partial charge < -0.3 is 16.2 Å². The van der Waals surface area contributed by atoms with E-state index in [4.69, 9.17) is 5.73 Å². The number of carbonyl (C=O) groups excluding carboxylic acids is 1. The molecule has 248 valence electrons. The highest BCUT2D eigenvalue weighted by Crippen LogP contribution is 2.24. The molecule has 3 aromatic carbocycles. The number of hydrogen-bond acceptors (Lipinski definition) is 8. The van der Waals surface area contributed by atoms with Crippen molar-refractivity contribution >= 4 is 53.8 Å². The highest BCUT2D eigenvalue weighted by atomic mass is 32.2. The molecule has 5 N–H and O–H groups in total. The van der Waals surface area contributed by atoms with E-state index in [2.05, 4.69) is 10.0 Å². The van der Waals surface area contributed by atoms with E-state index in [1.54, 1.807) is 11.4 Å². The van der Waals surface area contributed by atoms with Crippen molar-refractivity contribution in [3.8, 4) is 0 Å². The van der Waals surface area contributed by atoms with Crippen LogP contribution in [0, 0.1) is 5.92 Å². The minimum atomic E-state index is -3.92. The average molecular weight is 687 g/mol. The number of nitrogens with one attached hydrogen (secondary N) is 2. The molecule has 2 atom stereocenters. The number of nitrogen functional groups attached to an aromatic ring is 1. The predicted molar refractivity (Wildman–Crippen MR) is 183 cm³/mol. The number of aliphatic hydroxyl groups excluding tert-OH is 1. The molecule has 1 amide bonds. The van der Waals surface area contributed by atoms with Crippen LogP contribution in [0.5, 0.6) is 0 Å². The number of fused-ring (bicyclic) bond motifs is 1. The highest BCUT2D eigenvalue weighted by Gasteiger charge is 2.32. The van der Waals surface area contributed by atoms with E-state index in [1.807, 2.05) is 56.3 Å². The van der Waals surface area contributed by atoms with Gasteiger partial charge in [-0.2, -0.15) is 9.03 Å². The van der Waals surface area contributed by atoms with Gasteiger partial charge >= 0.3 is 0 Å². The zero-order valence-electron chi connectivity index (χ0n) is 26.0. The van der Waals surface area contributed by atoms with Crippen LogP contribution in [0.2, 0.25) is 0 Å². The summed E-state index contributed by atoms with van der Waals surface area (Å²) in [6.07, 6.45) is 1.55. The molecule has 0 radical (unpaired) electrons. The van der Waals surface area contributed by atoms with Crippen LogP contribution in [0.25, 0.3) is 10.8 Å². The molecule has 0 saturated carbocycles. The van der Waals surface area contributed by atoms with E-state index < -0.39 is 38.0 Å². The van der Waals surface area contributed by atoms with Crippen LogP contribution in [0.3, 0.4) is 0 Å². The Bertz CT molecular complexity index is 1790. The average Bonchev–Trinajstić information content (AvgIpc) is 3.58. The summed E-state index contributed by atoms with van der Waals surface area (Å²) in [6.45, 7) is 3.95. The lowest BCUT2D eigenvalue weighted by molar-refractivity contribution is -0.122. The van der Waals surface area contributed by atoms with Crippen LogP contribution in [0.4, 0.5) is 5.69 Å². The van der Waals surface area contributed by atoms with Crippen molar-refractivity contribution in [3.05, 3.63) is 89.8 Å². The smallest absolute Gasteiger partial charge is 0.250 e. The molecule has 4 rings (SSSR count). The summed E-state index contributed by atoms with van der Waals surface area (Å²) in [4.78, 5) is 13.5. The Balaban J connectivity index is 1.40. The minimum absolute atomic E-state index is 0.0226. The second-order valence-corrected chi connectivity index (χ2v) is 16.4. The van der Waals surface area contributed by atoms with Crippen LogP contribution in [-0.2, 0) is 31.3 Å². The molecule has 0 unspecified atom stereocenters. The van der Waals surface area contributed by atoms with Gasteiger partial charge in [-0.15, -0.1) is 11.3 Å². The monoisotopic (exact) mass is 686 g/mol. The molecule has 0 bridgehead atoms. The number of amides is 1. The maximum atomic E-state index is 13.5. The lowest BCUT2D eigenvalue weighted by Gasteiger charge is -2.31. The summed E-state index contributed by atoms with van der Waals surface area (Å²) in [7, 11) is -7.81. The molecular formula is C33H42N4O6S3. The quantitative estimate of drug-likeness (QED) is 0.0949. The van der Waals surface area contributed by atoms with Crippen molar-refractivity contribution in [1.82, 2.24) is 14.3 Å². The summed E-state index contributed by atoms with van der Waals surface area (Å²) in [5.74, 6) is -0.436. The molecule has 0 aliphatic rings. The van der Waals surface area contributed by atoms with Gasteiger partial charge in [-0.3, -0.25) is 4.79 Å². The van der Waals surface area contributed by atoms with Crippen molar-refractivity contribution in [2.45, 2.75) is 60.7 Å². The Labute approximate surface area is 275 Å². The number of thiophene rings is 1.